The first-order valence-corrected chi connectivity index (χ1v) is 15.8. The lowest BCUT2D eigenvalue weighted by molar-refractivity contribution is -0.659. The molecule has 3 aromatic heterocycles. The number of nitrogens with zero attached hydrogens (tertiary/aromatic N) is 3. The Balaban J connectivity index is 1.34. The van der Waals surface area contributed by atoms with Crippen LogP contribution in [0.25, 0.3) is 50.1 Å². The van der Waals surface area contributed by atoms with Crippen LogP contribution in [0.5, 0.6) is 0 Å². The van der Waals surface area contributed by atoms with Gasteiger partial charge in [0.1, 0.15) is 24.6 Å². The quantitative estimate of drug-likeness (QED) is 0.198. The molecule has 0 radical (unpaired) electrons. The van der Waals surface area contributed by atoms with Crippen molar-refractivity contribution in [3.05, 3.63) is 89.9 Å². The molecule has 4 nitrogen and oxygen atoms in total. The number of fused-ring (bicyclic) bond motifs is 4. The van der Waals surface area contributed by atoms with Crippen LogP contribution in [0.15, 0.2) is 77.6 Å². The van der Waals surface area contributed by atoms with Gasteiger partial charge in [0.05, 0.1) is 5.56 Å². The van der Waals surface area contributed by atoms with E-state index in [9.17, 15) is 0 Å². The molecule has 6 aromatic rings. The van der Waals surface area contributed by atoms with Crippen molar-refractivity contribution in [2.75, 3.05) is 0 Å². The van der Waals surface area contributed by atoms with Gasteiger partial charge in [-0.3, -0.25) is 4.40 Å². The Morgan fingerprint density at radius 1 is 0.930 bits per heavy atom. The number of imidazole rings is 1. The molecule has 0 spiro atoms. The van der Waals surface area contributed by atoms with Crippen molar-refractivity contribution in [1.29, 1.82) is 0 Å². The molecule has 0 bridgehead atoms. The summed E-state index contributed by atoms with van der Waals surface area (Å²) < 4.78 is 11.1. The van der Waals surface area contributed by atoms with Crippen LogP contribution < -0.4 is 4.57 Å². The monoisotopic (exact) mass is 570 g/mol. The van der Waals surface area contributed by atoms with Gasteiger partial charge >= 0.3 is 0 Å². The lowest BCUT2D eigenvalue weighted by atomic mass is 9.60. The minimum Gasteiger partial charge on any atom is -0.429 e. The fourth-order valence-electron chi connectivity index (χ4n) is 8.38. The molecular weight excluding hydrogens is 526 g/mol. The number of rotatable bonds is 4. The molecule has 0 unspecified atom stereocenters. The maximum absolute atomic E-state index is 6.79. The van der Waals surface area contributed by atoms with Gasteiger partial charge in [0.2, 0.25) is 11.3 Å². The third kappa shape index (κ3) is 4.67. The summed E-state index contributed by atoms with van der Waals surface area (Å²) in [5.41, 5.74) is 11.8. The molecule has 0 N–H and O–H groups in total. The summed E-state index contributed by atoms with van der Waals surface area (Å²) in [5, 5.41) is 2.63. The van der Waals surface area contributed by atoms with Gasteiger partial charge in [-0.25, -0.2) is 4.98 Å². The molecule has 4 heteroatoms. The smallest absolute Gasteiger partial charge is 0.257 e. The average molecular weight is 571 g/mol. The Kier molecular flexibility index (Phi) is 6.36. The minimum absolute atomic E-state index is 0.364. The summed E-state index contributed by atoms with van der Waals surface area (Å²) in [7, 11) is 2.11. The van der Waals surface area contributed by atoms with Crippen LogP contribution >= 0.6 is 0 Å². The van der Waals surface area contributed by atoms with Crippen molar-refractivity contribution in [2.24, 2.45) is 17.9 Å². The zero-order valence-electron chi connectivity index (χ0n) is 27.0. The molecule has 43 heavy (non-hydrogen) atoms. The SMILES string of the molecule is Cc1c(-c2c3oc4c(-c5ccc(C6CC(C)(C)CC(C)(C)C6)cc5)ncn4c3cc[n+]2C)cc(C(C)C)c2ccccc12. The predicted molar refractivity (Wildman–Crippen MR) is 177 cm³/mol. The molecule has 1 fully saturated rings. The number of aryl methyl sites for hydroxylation is 2. The number of benzene rings is 3. The topological polar surface area (TPSA) is 34.3 Å². The highest BCUT2D eigenvalue weighted by Gasteiger charge is 2.39. The third-order valence-electron chi connectivity index (χ3n) is 9.87. The van der Waals surface area contributed by atoms with Crippen LogP contribution in [0.4, 0.5) is 0 Å². The van der Waals surface area contributed by atoms with Gasteiger partial charge in [-0.1, -0.05) is 90.1 Å². The minimum atomic E-state index is 0.364. The Hall–Kier alpha value is -3.92. The predicted octanol–water partition coefficient (Wildman–Crippen LogP) is 10.1. The standard InChI is InChI=1S/C39H44N3O/c1-24(2)31-19-32(25(3)29-11-9-10-12-30(29)31)35-36-33(17-18-41(35)8)42-23-40-34(37(42)43-36)27-15-13-26(14-16-27)28-20-38(4,5)22-39(6,7)21-28/h9-19,23-24,28H,20-22H2,1-8H3/q+1. The van der Waals surface area contributed by atoms with Crippen LogP contribution in [0, 0.1) is 17.8 Å². The maximum atomic E-state index is 6.79. The first-order chi connectivity index (χ1) is 20.4. The molecule has 3 heterocycles. The lowest BCUT2D eigenvalue weighted by Gasteiger charge is -2.45. The number of hydrogen-bond donors (Lipinski definition) is 0. The van der Waals surface area contributed by atoms with Gasteiger partial charge in [-0.2, -0.15) is 4.57 Å². The van der Waals surface area contributed by atoms with Crippen molar-refractivity contribution < 1.29 is 8.98 Å². The van der Waals surface area contributed by atoms with E-state index in [2.05, 4.69) is 131 Å². The van der Waals surface area contributed by atoms with Crippen molar-refractivity contribution >= 4 is 27.6 Å². The number of pyridine rings is 1. The first kappa shape index (κ1) is 27.9. The largest absolute Gasteiger partial charge is 0.429 e. The number of aromatic nitrogens is 3. The van der Waals surface area contributed by atoms with E-state index in [0.29, 0.717) is 22.7 Å². The van der Waals surface area contributed by atoms with Crippen molar-refractivity contribution in [1.82, 2.24) is 9.38 Å². The van der Waals surface area contributed by atoms with E-state index in [1.54, 1.807) is 0 Å². The molecule has 220 valence electrons. The van der Waals surface area contributed by atoms with E-state index in [0.717, 1.165) is 33.8 Å². The summed E-state index contributed by atoms with van der Waals surface area (Å²) in [6.07, 6.45) is 7.80. The molecule has 0 amide bonds. The normalized spacial score (nSPS) is 17.0. The molecular formula is C39H44N3O+. The van der Waals surface area contributed by atoms with Crippen LogP contribution in [0.1, 0.15) is 89.3 Å². The van der Waals surface area contributed by atoms with Crippen molar-refractivity contribution in [2.45, 2.75) is 79.6 Å². The highest BCUT2D eigenvalue weighted by Crippen LogP contribution is 2.52. The molecule has 0 aliphatic heterocycles. The maximum Gasteiger partial charge on any atom is 0.257 e. The summed E-state index contributed by atoms with van der Waals surface area (Å²) in [4.78, 5) is 4.85. The first-order valence-electron chi connectivity index (χ1n) is 15.8. The van der Waals surface area contributed by atoms with E-state index >= 15 is 0 Å². The van der Waals surface area contributed by atoms with Crippen LogP contribution in [0.2, 0.25) is 0 Å². The van der Waals surface area contributed by atoms with Crippen molar-refractivity contribution in [3.8, 4) is 22.5 Å². The fraction of sp³-hybridized carbons (Fsp3) is 0.385. The second-order valence-corrected chi connectivity index (χ2v) is 14.9. The lowest BCUT2D eigenvalue weighted by Crippen LogP contribution is -2.32. The van der Waals surface area contributed by atoms with Gasteiger partial charge in [-0.15, -0.1) is 0 Å². The van der Waals surface area contributed by atoms with E-state index < -0.39 is 0 Å². The van der Waals surface area contributed by atoms with Gasteiger partial charge in [0.15, 0.2) is 6.20 Å². The van der Waals surface area contributed by atoms with Gasteiger partial charge in [0.25, 0.3) is 5.69 Å². The molecule has 3 aromatic carbocycles. The Morgan fingerprint density at radius 2 is 1.60 bits per heavy atom. The van der Waals surface area contributed by atoms with E-state index in [-0.39, 0.29) is 0 Å². The van der Waals surface area contributed by atoms with Gasteiger partial charge < -0.3 is 4.42 Å². The zero-order chi connectivity index (χ0) is 30.3. The Labute approximate surface area is 255 Å². The Morgan fingerprint density at radius 3 is 2.28 bits per heavy atom. The van der Waals surface area contributed by atoms with E-state index in [1.807, 2.05) is 6.33 Å². The van der Waals surface area contributed by atoms with Crippen LogP contribution in [-0.2, 0) is 7.05 Å². The third-order valence-corrected chi connectivity index (χ3v) is 9.87. The van der Waals surface area contributed by atoms with E-state index in [1.165, 1.54) is 52.3 Å². The second kappa shape index (κ2) is 9.80. The summed E-state index contributed by atoms with van der Waals surface area (Å²) in [6.45, 7) is 16.5. The summed E-state index contributed by atoms with van der Waals surface area (Å²) in [5.74, 6) is 0.995. The molecule has 0 atom stereocenters. The van der Waals surface area contributed by atoms with Gasteiger partial charge in [-0.05, 0) is 82.4 Å². The van der Waals surface area contributed by atoms with Crippen molar-refractivity contribution in [3.63, 3.8) is 0 Å². The molecule has 7 rings (SSSR count). The summed E-state index contributed by atoms with van der Waals surface area (Å²) in [6, 6.07) is 22.4. The Bertz CT molecular complexity index is 1990. The molecule has 1 saturated carbocycles. The number of hydrogen-bond acceptors (Lipinski definition) is 2. The van der Waals surface area contributed by atoms with Gasteiger partial charge in [0, 0.05) is 11.6 Å². The highest BCUT2D eigenvalue weighted by atomic mass is 16.3. The second-order valence-electron chi connectivity index (χ2n) is 14.9. The summed E-state index contributed by atoms with van der Waals surface area (Å²) >= 11 is 0. The fourth-order valence-corrected chi connectivity index (χ4v) is 8.38. The highest BCUT2D eigenvalue weighted by molar-refractivity contribution is 5.98. The number of oxazole rings is 1. The van der Waals surface area contributed by atoms with E-state index in [4.69, 9.17) is 9.40 Å². The molecule has 1 aliphatic rings. The molecule has 0 saturated heterocycles. The average Bonchev–Trinajstić information content (AvgIpc) is 3.52. The van der Waals surface area contributed by atoms with Crippen LogP contribution in [0.3, 0.4) is 0 Å². The zero-order valence-corrected chi connectivity index (χ0v) is 27.0. The molecule has 1 aliphatic carbocycles. The van der Waals surface area contributed by atoms with Crippen LogP contribution in [-0.4, -0.2) is 9.38 Å².